The van der Waals surface area contributed by atoms with Crippen molar-refractivity contribution < 1.29 is 4.79 Å². The van der Waals surface area contributed by atoms with E-state index in [0.29, 0.717) is 12.5 Å². The van der Waals surface area contributed by atoms with Gasteiger partial charge in [-0.2, -0.15) is 5.10 Å². The van der Waals surface area contributed by atoms with Gasteiger partial charge in [-0.15, -0.1) is 0 Å². The highest BCUT2D eigenvalue weighted by Crippen LogP contribution is 2.39. The molecule has 2 N–H and O–H groups in total. The summed E-state index contributed by atoms with van der Waals surface area (Å²) in [6, 6.07) is 24.5. The summed E-state index contributed by atoms with van der Waals surface area (Å²) < 4.78 is 0. The maximum absolute atomic E-state index is 14.7. The molecular formula is C36H37N7O. The van der Waals surface area contributed by atoms with Crippen molar-refractivity contribution in [1.29, 1.82) is 0 Å². The average molecular weight is 584 g/mol. The lowest BCUT2D eigenvalue weighted by atomic mass is 9.82. The van der Waals surface area contributed by atoms with E-state index >= 15 is 0 Å². The molecule has 2 aromatic heterocycles. The molecule has 1 fully saturated rings. The second-order valence-corrected chi connectivity index (χ2v) is 11.8. The minimum absolute atomic E-state index is 0.172. The summed E-state index contributed by atoms with van der Waals surface area (Å²) in [6.45, 7) is 3.17. The summed E-state index contributed by atoms with van der Waals surface area (Å²) >= 11 is 0. The topological polar surface area (TPSA) is 89.5 Å². The number of amides is 2. The average Bonchev–Trinajstić information content (AvgIpc) is 3.55. The number of carbonyl (C=O) groups is 1. The molecule has 0 saturated heterocycles. The largest absolute Gasteiger partial charge is 0.385 e. The fourth-order valence-electron chi connectivity index (χ4n) is 6.46. The lowest BCUT2D eigenvalue weighted by Gasteiger charge is -2.27. The van der Waals surface area contributed by atoms with Crippen LogP contribution in [0.25, 0.3) is 10.9 Å². The molecule has 7 rings (SSSR count). The molecule has 1 aliphatic carbocycles. The molecule has 2 amide bonds. The van der Waals surface area contributed by atoms with Crippen LogP contribution in [0, 0.1) is 12.8 Å². The zero-order chi connectivity index (χ0) is 29.9. The first-order valence-electron chi connectivity index (χ1n) is 15.6. The van der Waals surface area contributed by atoms with Crippen molar-refractivity contribution in [1.82, 2.24) is 20.0 Å². The Labute approximate surface area is 257 Å². The Balaban J connectivity index is 1.27. The van der Waals surface area contributed by atoms with E-state index in [9.17, 15) is 4.79 Å². The van der Waals surface area contributed by atoms with Crippen LogP contribution in [0.5, 0.6) is 0 Å². The molecule has 222 valence electrons. The Morgan fingerprint density at radius 3 is 2.59 bits per heavy atom. The fourth-order valence-corrected chi connectivity index (χ4v) is 6.46. The third kappa shape index (κ3) is 5.67. The molecule has 0 radical (unpaired) electrons. The van der Waals surface area contributed by atoms with Crippen molar-refractivity contribution in [3.05, 3.63) is 114 Å². The number of benzene rings is 3. The number of urea groups is 1. The summed E-state index contributed by atoms with van der Waals surface area (Å²) in [5.74, 6) is 1.26. The van der Waals surface area contributed by atoms with Crippen molar-refractivity contribution >= 4 is 39.7 Å². The van der Waals surface area contributed by atoms with Crippen LogP contribution in [0.1, 0.15) is 54.6 Å². The van der Waals surface area contributed by atoms with Gasteiger partial charge < -0.3 is 10.3 Å². The predicted octanol–water partition coefficient (Wildman–Crippen LogP) is 7.98. The van der Waals surface area contributed by atoms with E-state index in [4.69, 9.17) is 5.10 Å². The molecule has 0 atom stereocenters. The molecule has 3 heterocycles. The van der Waals surface area contributed by atoms with Crippen molar-refractivity contribution in [2.45, 2.75) is 52.0 Å². The number of para-hydroxylation sites is 1. The molecule has 8 heteroatoms. The number of carbonyl (C=O) groups excluding carboxylic acids is 1. The molecule has 1 saturated carbocycles. The summed E-state index contributed by atoms with van der Waals surface area (Å²) in [7, 11) is 0. The van der Waals surface area contributed by atoms with Crippen molar-refractivity contribution in [3.63, 3.8) is 0 Å². The normalized spacial score (nSPS) is 15.7. The Morgan fingerprint density at radius 1 is 0.932 bits per heavy atom. The van der Waals surface area contributed by atoms with Crippen molar-refractivity contribution in [2.75, 3.05) is 16.8 Å². The lowest BCUT2D eigenvalue weighted by Crippen LogP contribution is -2.37. The van der Waals surface area contributed by atoms with Crippen LogP contribution in [0.15, 0.2) is 96.5 Å². The number of nitrogens with zero attached hydrogens (tertiary/aromatic N) is 5. The number of aromatic nitrogens is 3. The van der Waals surface area contributed by atoms with Crippen molar-refractivity contribution in [2.24, 2.45) is 11.0 Å². The first-order chi connectivity index (χ1) is 21.6. The lowest BCUT2D eigenvalue weighted by molar-refractivity contribution is 0.207. The summed E-state index contributed by atoms with van der Waals surface area (Å²) in [6.07, 6.45) is 12.0. The number of hydrogen-bond donors (Lipinski definition) is 2. The highest BCUT2D eigenvalue weighted by Gasteiger charge is 2.34. The minimum Gasteiger partial charge on any atom is -0.385 e. The number of anilines is 3. The SMILES string of the molecule is Cc1ccc2c(c1)N(c1ccc(NCCc3ncc[nH]3)cc1)C(=O)N(Cc1cccc3cccnc13)N=C2C1CCCCC1. The Hall–Kier alpha value is -4.98. The van der Waals surface area contributed by atoms with Crippen molar-refractivity contribution in [3.8, 4) is 0 Å². The molecule has 5 aromatic rings. The second-order valence-electron chi connectivity index (χ2n) is 11.8. The first kappa shape index (κ1) is 27.8. The number of hydrogen-bond acceptors (Lipinski definition) is 5. The highest BCUT2D eigenvalue weighted by molar-refractivity contribution is 6.14. The van der Waals surface area contributed by atoms with Crippen LogP contribution in [-0.4, -0.2) is 38.2 Å². The van der Waals surface area contributed by atoms with Gasteiger partial charge in [-0.05, 0) is 61.7 Å². The van der Waals surface area contributed by atoms with Gasteiger partial charge in [0.15, 0.2) is 0 Å². The molecule has 1 aliphatic heterocycles. The molecule has 8 nitrogen and oxygen atoms in total. The predicted molar refractivity (Wildman–Crippen MR) is 176 cm³/mol. The fraction of sp³-hybridized carbons (Fsp3) is 0.278. The van der Waals surface area contributed by atoms with Gasteiger partial charge in [-0.3, -0.25) is 9.88 Å². The number of nitrogens with one attached hydrogen (secondary N) is 2. The van der Waals surface area contributed by atoms with Crippen LogP contribution < -0.4 is 10.2 Å². The Kier molecular flexibility index (Phi) is 7.80. The number of rotatable bonds is 8. The highest BCUT2D eigenvalue weighted by atomic mass is 16.2. The van der Waals surface area contributed by atoms with E-state index < -0.39 is 0 Å². The summed E-state index contributed by atoms with van der Waals surface area (Å²) in [5.41, 5.74) is 7.70. The maximum Gasteiger partial charge on any atom is 0.349 e. The van der Waals surface area contributed by atoms with E-state index in [0.717, 1.165) is 82.0 Å². The van der Waals surface area contributed by atoms with E-state index in [1.54, 1.807) is 11.2 Å². The first-order valence-corrected chi connectivity index (χ1v) is 15.6. The number of aryl methyl sites for hydroxylation is 1. The molecule has 2 aliphatic rings. The van der Waals surface area contributed by atoms with Gasteiger partial charge in [0, 0.05) is 59.7 Å². The minimum atomic E-state index is -0.172. The van der Waals surface area contributed by atoms with Crippen LogP contribution in [0.4, 0.5) is 21.9 Å². The number of aromatic amines is 1. The molecule has 0 bridgehead atoms. The van der Waals surface area contributed by atoms with Crippen LogP contribution in [0.2, 0.25) is 0 Å². The smallest absolute Gasteiger partial charge is 0.349 e. The van der Waals surface area contributed by atoms with Gasteiger partial charge in [0.2, 0.25) is 0 Å². The standard InChI is InChI=1S/C36H37N7O/c1-25-12-17-31-32(23-25)43(30-15-13-29(14-16-30)37-20-18-33-38-21-22-39-33)36(44)42(41-35(31)27-7-3-2-4-8-27)24-28-10-5-9-26-11-6-19-40-34(26)28/h5-6,9-17,19,21-23,27,37H,2-4,7-8,18,20,24H2,1H3,(H,38,39). The second kappa shape index (κ2) is 12.3. The van der Waals surface area contributed by atoms with Gasteiger partial charge in [0.1, 0.15) is 5.82 Å². The maximum atomic E-state index is 14.7. The summed E-state index contributed by atoms with van der Waals surface area (Å²) in [5, 5.41) is 11.4. The van der Waals surface area contributed by atoms with E-state index in [-0.39, 0.29) is 6.03 Å². The van der Waals surface area contributed by atoms with Gasteiger partial charge in [0.05, 0.1) is 29.1 Å². The van der Waals surface area contributed by atoms with E-state index in [1.165, 1.54) is 19.3 Å². The third-order valence-electron chi connectivity index (χ3n) is 8.71. The molecule has 3 aromatic carbocycles. The number of hydrazone groups is 1. The quantitative estimate of drug-likeness (QED) is 0.194. The van der Waals surface area contributed by atoms with Crippen LogP contribution in [0.3, 0.4) is 0 Å². The van der Waals surface area contributed by atoms with Crippen LogP contribution >= 0.6 is 0 Å². The van der Waals surface area contributed by atoms with Gasteiger partial charge >= 0.3 is 6.03 Å². The summed E-state index contributed by atoms with van der Waals surface area (Å²) in [4.78, 5) is 28.6. The zero-order valence-corrected chi connectivity index (χ0v) is 25.0. The zero-order valence-electron chi connectivity index (χ0n) is 25.0. The van der Waals surface area contributed by atoms with E-state index in [1.807, 2.05) is 59.8 Å². The monoisotopic (exact) mass is 583 g/mol. The van der Waals surface area contributed by atoms with Gasteiger partial charge in [-0.25, -0.2) is 14.8 Å². The van der Waals surface area contributed by atoms with Gasteiger partial charge in [0.25, 0.3) is 0 Å². The third-order valence-corrected chi connectivity index (χ3v) is 8.71. The Bertz CT molecular complexity index is 1780. The number of imidazole rings is 1. The van der Waals surface area contributed by atoms with E-state index in [2.05, 4.69) is 57.5 Å². The van der Waals surface area contributed by atoms with Gasteiger partial charge in [-0.1, -0.05) is 55.7 Å². The molecule has 0 spiro atoms. The molecule has 44 heavy (non-hydrogen) atoms. The number of pyridine rings is 1. The Morgan fingerprint density at radius 2 is 1.77 bits per heavy atom. The molecule has 0 unspecified atom stereocenters. The number of fused-ring (bicyclic) bond motifs is 2. The molecular weight excluding hydrogens is 546 g/mol. The van der Waals surface area contributed by atoms with Crippen LogP contribution in [-0.2, 0) is 13.0 Å². The number of H-pyrrole nitrogens is 1.